The predicted molar refractivity (Wildman–Crippen MR) is 93.6 cm³/mol. The molecule has 118 valence electrons. The van der Waals surface area contributed by atoms with Gasteiger partial charge in [-0.25, -0.2) is 4.98 Å². The molecular formula is C19H26N2O. The Kier molecular flexibility index (Phi) is 6.26. The Labute approximate surface area is 134 Å². The summed E-state index contributed by atoms with van der Waals surface area (Å²) in [5, 5.41) is 0. The standard InChI is InChI=1S/C19H26N2O/c1-4-5-6-7-14-22-18-11-8-16(9-12-18)17-10-13-19(20-15-17)21(2)3/h8-13,15H,4-7,14H2,1-3H3. The Hall–Kier alpha value is -2.03. The van der Waals surface area contributed by atoms with E-state index in [-0.39, 0.29) is 0 Å². The van der Waals surface area contributed by atoms with Gasteiger partial charge in [-0.2, -0.15) is 0 Å². The molecular weight excluding hydrogens is 272 g/mol. The number of unbranched alkanes of at least 4 members (excludes halogenated alkanes) is 3. The Balaban J connectivity index is 1.91. The highest BCUT2D eigenvalue weighted by molar-refractivity contribution is 5.64. The summed E-state index contributed by atoms with van der Waals surface area (Å²) in [6, 6.07) is 12.4. The van der Waals surface area contributed by atoms with Crippen LogP contribution in [0.2, 0.25) is 0 Å². The third-order valence-electron chi connectivity index (χ3n) is 3.66. The predicted octanol–water partition coefficient (Wildman–Crippen LogP) is 4.77. The van der Waals surface area contributed by atoms with Crippen LogP contribution in [0, 0.1) is 0 Å². The van der Waals surface area contributed by atoms with Gasteiger partial charge in [-0.15, -0.1) is 0 Å². The summed E-state index contributed by atoms with van der Waals surface area (Å²) in [4.78, 5) is 6.45. The van der Waals surface area contributed by atoms with E-state index in [4.69, 9.17) is 4.74 Å². The van der Waals surface area contributed by atoms with E-state index < -0.39 is 0 Å². The summed E-state index contributed by atoms with van der Waals surface area (Å²) in [6.07, 6.45) is 6.84. The van der Waals surface area contributed by atoms with E-state index in [1.165, 1.54) is 19.3 Å². The van der Waals surface area contributed by atoms with Crippen molar-refractivity contribution in [3.63, 3.8) is 0 Å². The van der Waals surface area contributed by atoms with Crippen molar-refractivity contribution in [1.82, 2.24) is 4.98 Å². The Morgan fingerprint density at radius 2 is 1.64 bits per heavy atom. The van der Waals surface area contributed by atoms with Crippen LogP contribution in [-0.2, 0) is 0 Å². The quantitative estimate of drug-likeness (QED) is 0.656. The number of pyridine rings is 1. The Bertz CT molecular complexity index is 547. The molecule has 0 amide bonds. The van der Waals surface area contributed by atoms with Crippen LogP contribution in [0.15, 0.2) is 42.6 Å². The topological polar surface area (TPSA) is 25.4 Å². The molecule has 0 bridgehead atoms. The molecule has 0 saturated carbocycles. The summed E-state index contributed by atoms with van der Waals surface area (Å²) in [6.45, 7) is 3.03. The van der Waals surface area contributed by atoms with Crippen molar-refractivity contribution in [2.75, 3.05) is 25.6 Å². The largest absolute Gasteiger partial charge is 0.494 e. The third-order valence-corrected chi connectivity index (χ3v) is 3.66. The van der Waals surface area contributed by atoms with E-state index in [1.54, 1.807) is 0 Å². The lowest BCUT2D eigenvalue weighted by Crippen LogP contribution is -2.09. The second-order valence-electron chi connectivity index (χ2n) is 5.73. The van der Waals surface area contributed by atoms with Gasteiger partial charge in [0.05, 0.1) is 6.61 Å². The zero-order valence-electron chi connectivity index (χ0n) is 13.9. The van der Waals surface area contributed by atoms with Crippen LogP contribution in [0.4, 0.5) is 5.82 Å². The van der Waals surface area contributed by atoms with E-state index in [9.17, 15) is 0 Å². The Morgan fingerprint density at radius 3 is 2.23 bits per heavy atom. The van der Waals surface area contributed by atoms with Crippen LogP contribution in [0.5, 0.6) is 5.75 Å². The van der Waals surface area contributed by atoms with Crippen LogP contribution in [-0.4, -0.2) is 25.7 Å². The highest BCUT2D eigenvalue weighted by atomic mass is 16.5. The minimum atomic E-state index is 0.804. The molecule has 3 nitrogen and oxygen atoms in total. The van der Waals surface area contributed by atoms with Crippen LogP contribution < -0.4 is 9.64 Å². The molecule has 0 aliphatic carbocycles. The minimum Gasteiger partial charge on any atom is -0.494 e. The van der Waals surface area contributed by atoms with E-state index in [2.05, 4.69) is 30.1 Å². The van der Waals surface area contributed by atoms with Gasteiger partial charge in [0.1, 0.15) is 11.6 Å². The first-order chi connectivity index (χ1) is 10.7. The van der Waals surface area contributed by atoms with Crippen molar-refractivity contribution in [1.29, 1.82) is 0 Å². The van der Waals surface area contributed by atoms with Gasteiger partial charge in [-0.3, -0.25) is 0 Å². The van der Waals surface area contributed by atoms with Gasteiger partial charge in [0.15, 0.2) is 0 Å². The monoisotopic (exact) mass is 298 g/mol. The number of benzene rings is 1. The highest BCUT2D eigenvalue weighted by Crippen LogP contribution is 2.23. The second kappa shape index (κ2) is 8.42. The molecule has 3 heteroatoms. The van der Waals surface area contributed by atoms with E-state index >= 15 is 0 Å². The summed E-state index contributed by atoms with van der Waals surface area (Å²) in [5.41, 5.74) is 2.29. The highest BCUT2D eigenvalue weighted by Gasteiger charge is 2.01. The number of hydrogen-bond donors (Lipinski definition) is 0. The molecule has 1 heterocycles. The van der Waals surface area contributed by atoms with Crippen molar-refractivity contribution < 1.29 is 4.74 Å². The molecule has 2 aromatic rings. The van der Waals surface area contributed by atoms with Gasteiger partial charge < -0.3 is 9.64 Å². The molecule has 0 saturated heterocycles. The fraction of sp³-hybridized carbons (Fsp3) is 0.421. The number of anilines is 1. The average molecular weight is 298 g/mol. The van der Waals surface area contributed by atoms with Crippen LogP contribution in [0.25, 0.3) is 11.1 Å². The first-order valence-electron chi connectivity index (χ1n) is 8.07. The zero-order chi connectivity index (χ0) is 15.8. The minimum absolute atomic E-state index is 0.804. The van der Waals surface area contributed by atoms with Crippen molar-refractivity contribution in [2.45, 2.75) is 32.6 Å². The van der Waals surface area contributed by atoms with E-state index in [1.807, 2.05) is 43.4 Å². The zero-order valence-corrected chi connectivity index (χ0v) is 13.9. The van der Waals surface area contributed by atoms with E-state index in [0.29, 0.717) is 0 Å². The first kappa shape index (κ1) is 16.3. The maximum atomic E-state index is 5.77. The molecule has 0 N–H and O–H groups in total. The lowest BCUT2D eigenvalue weighted by Gasteiger charge is -2.11. The first-order valence-corrected chi connectivity index (χ1v) is 8.07. The van der Waals surface area contributed by atoms with Crippen molar-refractivity contribution in [3.8, 4) is 16.9 Å². The van der Waals surface area contributed by atoms with Crippen molar-refractivity contribution in [2.24, 2.45) is 0 Å². The third kappa shape index (κ3) is 4.76. The maximum Gasteiger partial charge on any atom is 0.127 e. The number of nitrogens with zero attached hydrogens (tertiary/aromatic N) is 2. The summed E-state index contributed by atoms with van der Waals surface area (Å²) < 4.78 is 5.77. The number of ether oxygens (including phenoxy) is 1. The average Bonchev–Trinajstić information content (AvgIpc) is 2.55. The van der Waals surface area contributed by atoms with Crippen LogP contribution in [0.1, 0.15) is 32.6 Å². The lowest BCUT2D eigenvalue weighted by molar-refractivity contribution is 0.305. The van der Waals surface area contributed by atoms with Gasteiger partial charge in [-0.05, 0) is 36.2 Å². The number of hydrogen-bond acceptors (Lipinski definition) is 3. The van der Waals surface area contributed by atoms with Gasteiger partial charge in [0, 0.05) is 25.9 Å². The summed E-state index contributed by atoms with van der Waals surface area (Å²) in [5.74, 6) is 1.91. The summed E-state index contributed by atoms with van der Waals surface area (Å²) in [7, 11) is 3.99. The fourth-order valence-corrected chi connectivity index (χ4v) is 2.28. The molecule has 0 atom stereocenters. The lowest BCUT2D eigenvalue weighted by atomic mass is 10.1. The Morgan fingerprint density at radius 1 is 0.909 bits per heavy atom. The number of rotatable bonds is 8. The van der Waals surface area contributed by atoms with Gasteiger partial charge in [0.2, 0.25) is 0 Å². The van der Waals surface area contributed by atoms with Gasteiger partial charge in [-0.1, -0.05) is 38.3 Å². The van der Waals surface area contributed by atoms with E-state index in [0.717, 1.165) is 35.7 Å². The number of aromatic nitrogens is 1. The molecule has 0 aliphatic rings. The van der Waals surface area contributed by atoms with Crippen LogP contribution in [0.3, 0.4) is 0 Å². The maximum absolute atomic E-state index is 5.77. The van der Waals surface area contributed by atoms with Gasteiger partial charge >= 0.3 is 0 Å². The molecule has 0 radical (unpaired) electrons. The van der Waals surface area contributed by atoms with Gasteiger partial charge in [0.25, 0.3) is 0 Å². The molecule has 2 rings (SSSR count). The second-order valence-corrected chi connectivity index (χ2v) is 5.73. The smallest absolute Gasteiger partial charge is 0.127 e. The molecule has 1 aromatic carbocycles. The summed E-state index contributed by atoms with van der Waals surface area (Å²) >= 11 is 0. The molecule has 0 aliphatic heterocycles. The molecule has 0 fully saturated rings. The molecule has 0 unspecified atom stereocenters. The molecule has 0 spiro atoms. The molecule has 22 heavy (non-hydrogen) atoms. The molecule has 1 aromatic heterocycles. The van der Waals surface area contributed by atoms with Crippen molar-refractivity contribution in [3.05, 3.63) is 42.6 Å². The fourth-order valence-electron chi connectivity index (χ4n) is 2.28. The normalized spacial score (nSPS) is 10.5. The SMILES string of the molecule is CCCCCCOc1ccc(-c2ccc(N(C)C)nc2)cc1. The van der Waals surface area contributed by atoms with Crippen LogP contribution >= 0.6 is 0 Å². The van der Waals surface area contributed by atoms with Crippen molar-refractivity contribution >= 4 is 5.82 Å².